The van der Waals surface area contributed by atoms with E-state index in [1.165, 1.54) is 38.4 Å². The van der Waals surface area contributed by atoms with E-state index in [1.54, 1.807) is 0 Å². The fourth-order valence-corrected chi connectivity index (χ4v) is 10.9. The van der Waals surface area contributed by atoms with Crippen molar-refractivity contribution in [2.45, 2.75) is 5.41 Å². The minimum atomic E-state index is -0.638. The molecule has 0 bridgehead atoms. The van der Waals surface area contributed by atoms with Gasteiger partial charge in [-0.25, -0.2) is 0 Å². The van der Waals surface area contributed by atoms with Crippen molar-refractivity contribution in [1.82, 2.24) is 0 Å². The van der Waals surface area contributed by atoms with Crippen molar-refractivity contribution in [1.29, 1.82) is 5.26 Å². The SMILES string of the molecule is N#Cc1cccc(-c2ccccc2N2c3ccccc3C3(c4ccccc4Oc4ccccc43)c3ccccc32)c1B1c2ccccc2B(c2ccccc2)c2ccccc21. The number of ether oxygens (including phenoxy) is 1. The molecule has 12 rings (SSSR count). The van der Waals surface area contributed by atoms with Crippen LogP contribution in [0.3, 0.4) is 0 Å². The van der Waals surface area contributed by atoms with Crippen molar-refractivity contribution >= 4 is 63.3 Å². The van der Waals surface area contributed by atoms with Gasteiger partial charge in [-0.3, -0.25) is 0 Å². The Morgan fingerprint density at radius 2 is 0.836 bits per heavy atom. The van der Waals surface area contributed by atoms with Crippen molar-refractivity contribution in [3.8, 4) is 28.7 Å². The molecule has 61 heavy (non-hydrogen) atoms. The average molecular weight is 775 g/mol. The normalized spacial score (nSPS) is 13.7. The second-order valence-corrected chi connectivity index (χ2v) is 16.1. The van der Waals surface area contributed by atoms with E-state index in [0.717, 1.165) is 56.3 Å². The molecule has 3 aliphatic heterocycles. The first-order chi connectivity index (χ1) is 30.3. The van der Waals surface area contributed by atoms with E-state index < -0.39 is 5.41 Å². The Morgan fingerprint density at radius 1 is 0.393 bits per heavy atom. The van der Waals surface area contributed by atoms with E-state index in [2.05, 4.69) is 217 Å². The molecule has 3 heterocycles. The van der Waals surface area contributed by atoms with Crippen LogP contribution in [0.15, 0.2) is 218 Å². The standard InChI is InChI=1S/C56H36B2N2O/c59-37-38-19-18-23-41(55(38)58-48-30-11-9-28-46(48)57(39-20-2-1-3-21-39)47-29-10-12-31-49(47)58)40-22-4-13-32-50(40)60-51-33-14-5-24-42(51)56(43-25-6-15-34-52(43)60)44-26-7-16-35-53(44)61-54-36-17-8-27-45(54)56/h1-36H. The van der Waals surface area contributed by atoms with Crippen molar-refractivity contribution < 1.29 is 4.74 Å². The van der Waals surface area contributed by atoms with Gasteiger partial charge in [0.15, 0.2) is 0 Å². The molecule has 0 aromatic heterocycles. The molecule has 0 amide bonds. The number of benzene rings is 9. The minimum Gasteiger partial charge on any atom is -0.457 e. The lowest BCUT2D eigenvalue weighted by atomic mass is 9.20. The third kappa shape index (κ3) is 5.06. The highest BCUT2D eigenvalue weighted by atomic mass is 16.5. The van der Waals surface area contributed by atoms with Gasteiger partial charge >= 0.3 is 0 Å². The highest BCUT2D eigenvalue weighted by Gasteiger charge is 2.51. The Bertz CT molecular complexity index is 3100. The summed E-state index contributed by atoms with van der Waals surface area (Å²) in [5.41, 5.74) is 17.2. The number of nitrogens with zero attached hydrogens (tertiary/aromatic N) is 2. The van der Waals surface area contributed by atoms with Crippen molar-refractivity contribution in [3.63, 3.8) is 0 Å². The number of nitriles is 1. The molecule has 0 unspecified atom stereocenters. The summed E-state index contributed by atoms with van der Waals surface area (Å²) in [7, 11) is 0. The smallest absolute Gasteiger partial charge is 0.242 e. The number of fused-ring (bicyclic) bond motifs is 10. The van der Waals surface area contributed by atoms with E-state index in [1.807, 2.05) is 12.1 Å². The summed E-state index contributed by atoms with van der Waals surface area (Å²) in [6.07, 6.45) is 0. The Hall–Kier alpha value is -7.80. The summed E-state index contributed by atoms with van der Waals surface area (Å²) in [6.45, 7) is -0.102. The summed E-state index contributed by atoms with van der Waals surface area (Å²) < 4.78 is 6.66. The van der Waals surface area contributed by atoms with Gasteiger partial charge in [0, 0.05) is 22.3 Å². The molecule has 0 radical (unpaired) electrons. The molecule has 9 aromatic carbocycles. The molecule has 0 aliphatic carbocycles. The summed E-state index contributed by atoms with van der Waals surface area (Å²) in [5, 5.41) is 11.1. The second kappa shape index (κ2) is 13.9. The lowest BCUT2D eigenvalue weighted by Gasteiger charge is -2.48. The number of anilines is 3. The monoisotopic (exact) mass is 774 g/mol. The van der Waals surface area contributed by atoms with E-state index in [9.17, 15) is 5.26 Å². The Labute approximate surface area is 357 Å². The van der Waals surface area contributed by atoms with Crippen LogP contribution < -0.4 is 42.4 Å². The number of para-hydroxylation sites is 5. The van der Waals surface area contributed by atoms with E-state index in [-0.39, 0.29) is 13.4 Å². The van der Waals surface area contributed by atoms with Crippen LogP contribution in [0.4, 0.5) is 17.1 Å². The Kier molecular flexibility index (Phi) is 8.02. The second-order valence-electron chi connectivity index (χ2n) is 16.1. The Morgan fingerprint density at radius 3 is 1.41 bits per heavy atom. The van der Waals surface area contributed by atoms with Crippen molar-refractivity contribution in [2.75, 3.05) is 4.90 Å². The van der Waals surface area contributed by atoms with Crippen LogP contribution in [0.25, 0.3) is 11.1 Å². The van der Waals surface area contributed by atoms with Gasteiger partial charge in [0.2, 0.25) is 13.4 Å². The molecule has 1 spiro atoms. The quantitative estimate of drug-likeness (QED) is 0.168. The first-order valence-electron chi connectivity index (χ1n) is 21.0. The highest BCUT2D eigenvalue weighted by Crippen LogP contribution is 2.63. The molecule has 0 saturated heterocycles. The maximum absolute atomic E-state index is 11.1. The van der Waals surface area contributed by atoms with Gasteiger partial charge in [-0.1, -0.05) is 209 Å². The van der Waals surface area contributed by atoms with Gasteiger partial charge in [0.25, 0.3) is 0 Å². The molecular formula is C56H36B2N2O. The maximum atomic E-state index is 11.1. The van der Waals surface area contributed by atoms with Gasteiger partial charge in [-0.15, -0.1) is 0 Å². The zero-order chi connectivity index (χ0) is 40.5. The Balaban J connectivity index is 1.11. The first-order valence-corrected chi connectivity index (χ1v) is 21.0. The molecule has 0 saturated carbocycles. The van der Waals surface area contributed by atoms with Crippen molar-refractivity contribution in [2.24, 2.45) is 0 Å². The summed E-state index contributed by atoms with van der Waals surface area (Å²) in [5.74, 6) is 1.72. The van der Waals surface area contributed by atoms with Crippen LogP contribution >= 0.6 is 0 Å². The number of hydrogen-bond donors (Lipinski definition) is 0. The zero-order valence-corrected chi connectivity index (χ0v) is 33.2. The lowest BCUT2D eigenvalue weighted by molar-refractivity contribution is 0.434. The van der Waals surface area contributed by atoms with Gasteiger partial charge in [-0.2, -0.15) is 5.26 Å². The molecular weight excluding hydrogens is 738 g/mol. The molecule has 9 aromatic rings. The van der Waals surface area contributed by atoms with E-state index in [4.69, 9.17) is 4.74 Å². The highest BCUT2D eigenvalue weighted by molar-refractivity contribution is 7.11. The van der Waals surface area contributed by atoms with Crippen LogP contribution in [0.5, 0.6) is 11.5 Å². The predicted octanol–water partition coefficient (Wildman–Crippen LogP) is 8.84. The third-order valence-electron chi connectivity index (χ3n) is 13.2. The van der Waals surface area contributed by atoms with Crippen LogP contribution in [0, 0.1) is 11.3 Å². The topological polar surface area (TPSA) is 36.3 Å². The van der Waals surface area contributed by atoms with Gasteiger partial charge in [0.05, 0.1) is 28.5 Å². The van der Waals surface area contributed by atoms with Gasteiger partial charge < -0.3 is 9.64 Å². The zero-order valence-electron chi connectivity index (χ0n) is 33.2. The number of rotatable bonds is 4. The fourth-order valence-electron chi connectivity index (χ4n) is 10.9. The molecule has 3 nitrogen and oxygen atoms in total. The van der Waals surface area contributed by atoms with Gasteiger partial charge in [0.1, 0.15) is 11.5 Å². The maximum Gasteiger partial charge on any atom is 0.242 e. The minimum absolute atomic E-state index is 0.0731. The third-order valence-corrected chi connectivity index (χ3v) is 13.2. The molecule has 0 N–H and O–H groups in total. The number of hydrogen-bond acceptors (Lipinski definition) is 3. The first kappa shape index (κ1) is 35.2. The summed E-state index contributed by atoms with van der Waals surface area (Å²) in [4.78, 5) is 2.45. The van der Waals surface area contributed by atoms with Crippen LogP contribution in [0.2, 0.25) is 0 Å². The summed E-state index contributed by atoms with van der Waals surface area (Å²) >= 11 is 0. The molecule has 3 aliphatic rings. The fraction of sp³-hybridized carbons (Fsp3) is 0.0179. The average Bonchev–Trinajstić information content (AvgIpc) is 3.33. The van der Waals surface area contributed by atoms with Crippen LogP contribution in [-0.4, -0.2) is 13.4 Å². The molecule has 0 atom stereocenters. The predicted molar refractivity (Wildman–Crippen MR) is 252 cm³/mol. The van der Waals surface area contributed by atoms with Crippen molar-refractivity contribution in [3.05, 3.63) is 246 Å². The molecule has 0 fully saturated rings. The lowest BCUT2D eigenvalue weighted by Crippen LogP contribution is -2.75. The van der Waals surface area contributed by atoms with E-state index in [0.29, 0.717) is 5.56 Å². The summed E-state index contributed by atoms with van der Waals surface area (Å²) in [6, 6.07) is 80.9. The molecule has 5 heteroatoms. The van der Waals surface area contributed by atoms with Crippen LogP contribution in [0.1, 0.15) is 27.8 Å². The van der Waals surface area contributed by atoms with Gasteiger partial charge in [-0.05, 0) is 58.6 Å². The van der Waals surface area contributed by atoms with E-state index >= 15 is 0 Å². The largest absolute Gasteiger partial charge is 0.457 e. The molecule has 282 valence electrons. The van der Waals surface area contributed by atoms with Crippen LogP contribution in [-0.2, 0) is 5.41 Å².